The Bertz CT molecular complexity index is 1160. The predicted octanol–water partition coefficient (Wildman–Crippen LogP) is 4.54. The number of carbonyl (C=O) groups is 1. The van der Waals surface area contributed by atoms with Crippen molar-refractivity contribution in [3.63, 3.8) is 0 Å². The van der Waals surface area contributed by atoms with Crippen LogP contribution in [0.15, 0.2) is 72.8 Å². The quantitative estimate of drug-likeness (QED) is 0.478. The Kier molecular flexibility index (Phi) is 7.02. The molecule has 0 bridgehead atoms. The van der Waals surface area contributed by atoms with Gasteiger partial charge in [-0.15, -0.1) is 0 Å². The number of nitrogens with zero attached hydrogens (tertiary/aromatic N) is 1. The van der Waals surface area contributed by atoms with Gasteiger partial charge in [-0.3, -0.25) is 4.79 Å². The van der Waals surface area contributed by atoms with Crippen molar-refractivity contribution in [2.75, 3.05) is 5.75 Å². The molecule has 0 aromatic heterocycles. The Hall–Kier alpha value is -3.26. The van der Waals surface area contributed by atoms with E-state index >= 15 is 0 Å². The number of hydrogen-bond acceptors (Lipinski definition) is 4. The topological polar surface area (TPSA) is 63.7 Å². The van der Waals surface area contributed by atoms with E-state index in [-0.39, 0.29) is 30.2 Å². The summed E-state index contributed by atoms with van der Waals surface area (Å²) in [5, 5.41) is 0. The molecule has 0 unspecified atom stereocenters. The van der Waals surface area contributed by atoms with Gasteiger partial charge in [-0.1, -0.05) is 30.3 Å². The highest BCUT2D eigenvalue weighted by molar-refractivity contribution is 7.87. The highest BCUT2D eigenvalue weighted by Crippen LogP contribution is 2.20. The molecule has 0 saturated carbocycles. The van der Waals surface area contributed by atoms with E-state index in [1.54, 1.807) is 24.3 Å². The van der Waals surface area contributed by atoms with Gasteiger partial charge in [0.1, 0.15) is 17.4 Å². The molecule has 0 radical (unpaired) electrons. The molecule has 1 amide bonds. The molecule has 0 aliphatic heterocycles. The molecule has 3 rings (SSSR count). The summed E-state index contributed by atoms with van der Waals surface area (Å²) in [6.45, 7) is 1.73. The molecule has 0 N–H and O–H groups in total. The molecule has 0 aliphatic rings. The van der Waals surface area contributed by atoms with Gasteiger partial charge in [0, 0.05) is 18.7 Å². The Labute approximate surface area is 180 Å². The fourth-order valence-electron chi connectivity index (χ4n) is 2.94. The highest BCUT2D eigenvalue weighted by atomic mass is 32.2. The van der Waals surface area contributed by atoms with E-state index in [9.17, 15) is 22.0 Å². The van der Waals surface area contributed by atoms with E-state index in [1.807, 2.05) is 0 Å². The van der Waals surface area contributed by atoms with Crippen LogP contribution < -0.4 is 4.18 Å². The van der Waals surface area contributed by atoms with Gasteiger partial charge in [0.05, 0.1) is 5.75 Å². The number of benzene rings is 3. The van der Waals surface area contributed by atoms with Crippen molar-refractivity contribution in [2.24, 2.45) is 0 Å². The summed E-state index contributed by atoms with van der Waals surface area (Å²) in [6.07, 6.45) is 0. The van der Waals surface area contributed by atoms with Gasteiger partial charge in [0.25, 0.3) is 5.91 Å². The van der Waals surface area contributed by atoms with Crippen LogP contribution in [0.1, 0.15) is 28.4 Å². The average molecular weight is 445 g/mol. The lowest BCUT2D eigenvalue weighted by Gasteiger charge is -2.23. The molecule has 0 fully saturated rings. The fraction of sp³-hybridized carbons (Fsp3) is 0.174. The number of hydrogen-bond donors (Lipinski definition) is 0. The fourth-order valence-corrected chi connectivity index (χ4v) is 3.45. The Morgan fingerprint density at radius 2 is 1.55 bits per heavy atom. The Morgan fingerprint density at radius 1 is 0.871 bits per heavy atom. The van der Waals surface area contributed by atoms with Gasteiger partial charge >= 0.3 is 10.1 Å². The maximum Gasteiger partial charge on any atom is 0.308 e. The van der Waals surface area contributed by atoms with E-state index in [0.717, 1.165) is 6.07 Å². The third-order valence-corrected chi connectivity index (χ3v) is 5.65. The van der Waals surface area contributed by atoms with Crippen LogP contribution in [0.25, 0.3) is 0 Å². The lowest BCUT2D eigenvalue weighted by Crippen LogP contribution is -2.30. The van der Waals surface area contributed by atoms with Gasteiger partial charge in [-0.05, 0) is 60.5 Å². The van der Waals surface area contributed by atoms with Crippen molar-refractivity contribution in [2.45, 2.75) is 20.0 Å². The minimum absolute atomic E-state index is 0.107. The predicted molar refractivity (Wildman–Crippen MR) is 113 cm³/mol. The second-order valence-electron chi connectivity index (χ2n) is 6.88. The van der Waals surface area contributed by atoms with E-state index in [1.165, 1.54) is 54.3 Å². The van der Waals surface area contributed by atoms with E-state index < -0.39 is 27.7 Å². The third-order valence-electron chi connectivity index (χ3n) is 4.49. The molecule has 0 atom stereocenters. The summed E-state index contributed by atoms with van der Waals surface area (Å²) < 4.78 is 55.4. The first-order valence-corrected chi connectivity index (χ1v) is 11.1. The third kappa shape index (κ3) is 6.36. The van der Waals surface area contributed by atoms with Gasteiger partial charge in [-0.2, -0.15) is 8.42 Å². The Morgan fingerprint density at radius 3 is 2.23 bits per heavy atom. The maximum atomic E-state index is 13.6. The summed E-state index contributed by atoms with van der Waals surface area (Å²) in [7, 11) is -3.69. The van der Waals surface area contributed by atoms with E-state index in [2.05, 4.69) is 0 Å². The van der Waals surface area contributed by atoms with Crippen molar-refractivity contribution < 1.29 is 26.2 Å². The molecular formula is C23H21F2NO4S. The average Bonchev–Trinajstić information content (AvgIpc) is 2.74. The zero-order valence-corrected chi connectivity index (χ0v) is 17.6. The minimum Gasteiger partial charge on any atom is -0.382 e. The molecule has 3 aromatic carbocycles. The van der Waals surface area contributed by atoms with Crippen LogP contribution in [-0.2, 0) is 23.2 Å². The number of rotatable bonds is 8. The van der Waals surface area contributed by atoms with Gasteiger partial charge in [-0.25, -0.2) is 8.78 Å². The first kappa shape index (κ1) is 22.4. The van der Waals surface area contributed by atoms with Crippen molar-refractivity contribution >= 4 is 16.0 Å². The first-order chi connectivity index (χ1) is 14.8. The van der Waals surface area contributed by atoms with Crippen LogP contribution in [-0.4, -0.2) is 25.0 Å². The minimum atomic E-state index is -3.69. The Balaban J connectivity index is 1.89. The van der Waals surface area contributed by atoms with Crippen LogP contribution in [0.4, 0.5) is 8.78 Å². The maximum absolute atomic E-state index is 13.6. The molecule has 0 spiro atoms. The lowest BCUT2D eigenvalue weighted by molar-refractivity contribution is 0.0729. The monoisotopic (exact) mass is 445 g/mol. The van der Waals surface area contributed by atoms with Gasteiger partial charge in [0.2, 0.25) is 0 Å². The van der Waals surface area contributed by atoms with Crippen LogP contribution in [0.5, 0.6) is 5.75 Å². The summed E-state index contributed by atoms with van der Waals surface area (Å²) in [4.78, 5) is 14.6. The smallest absolute Gasteiger partial charge is 0.308 e. The van der Waals surface area contributed by atoms with E-state index in [0.29, 0.717) is 11.1 Å². The molecule has 0 heterocycles. The first-order valence-electron chi connectivity index (χ1n) is 9.56. The van der Waals surface area contributed by atoms with Crippen molar-refractivity contribution in [3.05, 3.63) is 101 Å². The summed E-state index contributed by atoms with van der Waals surface area (Å²) in [5.41, 5.74) is 1.48. The second-order valence-corrected chi connectivity index (χ2v) is 8.73. The van der Waals surface area contributed by atoms with Gasteiger partial charge < -0.3 is 9.08 Å². The highest BCUT2D eigenvalue weighted by Gasteiger charge is 2.18. The molecular weight excluding hydrogens is 424 g/mol. The van der Waals surface area contributed by atoms with Crippen LogP contribution in [0.2, 0.25) is 0 Å². The largest absolute Gasteiger partial charge is 0.382 e. The molecule has 8 heteroatoms. The number of amides is 1. The molecule has 0 aliphatic carbocycles. The lowest BCUT2D eigenvalue weighted by atomic mass is 10.1. The van der Waals surface area contributed by atoms with Crippen LogP contribution >= 0.6 is 0 Å². The second kappa shape index (κ2) is 9.70. The summed E-state index contributed by atoms with van der Waals surface area (Å²) in [5.74, 6) is -1.39. The normalized spacial score (nSPS) is 11.2. The number of carbonyl (C=O) groups excluding carboxylic acids is 1. The standard InChI is InChI=1S/C23H21F2NO4S/c1-2-31(28,29)30-22-8-3-5-18(13-22)16-26(15-17-9-11-20(24)12-10-17)23(27)19-6-4-7-21(25)14-19/h3-14H,2,15-16H2,1H3. The summed E-state index contributed by atoms with van der Waals surface area (Å²) >= 11 is 0. The molecule has 31 heavy (non-hydrogen) atoms. The molecule has 3 aromatic rings. The van der Waals surface area contributed by atoms with Crippen molar-refractivity contribution in [1.82, 2.24) is 4.90 Å². The SMILES string of the molecule is CCS(=O)(=O)Oc1cccc(CN(Cc2ccc(F)cc2)C(=O)c2cccc(F)c2)c1. The molecule has 0 saturated heterocycles. The van der Waals surface area contributed by atoms with Crippen LogP contribution in [0, 0.1) is 11.6 Å². The van der Waals surface area contributed by atoms with E-state index in [4.69, 9.17) is 4.18 Å². The van der Waals surface area contributed by atoms with Crippen molar-refractivity contribution in [3.8, 4) is 5.75 Å². The summed E-state index contributed by atoms with van der Waals surface area (Å²) in [6, 6.07) is 17.5. The van der Waals surface area contributed by atoms with Gasteiger partial charge in [0.15, 0.2) is 0 Å². The zero-order valence-electron chi connectivity index (χ0n) is 16.8. The zero-order chi connectivity index (χ0) is 22.4. The van der Waals surface area contributed by atoms with Crippen molar-refractivity contribution in [1.29, 1.82) is 0 Å². The molecule has 162 valence electrons. The molecule has 5 nitrogen and oxygen atoms in total. The number of halogens is 2. The van der Waals surface area contributed by atoms with Crippen LogP contribution in [0.3, 0.4) is 0 Å².